The van der Waals surface area contributed by atoms with Crippen LogP contribution in [-0.4, -0.2) is 64.9 Å². The van der Waals surface area contributed by atoms with Crippen molar-refractivity contribution >= 4 is 26.2 Å². The average Bonchev–Trinajstić information content (AvgIpc) is 3.44. The highest BCUT2D eigenvalue weighted by Gasteiger charge is 2.80. The normalized spacial score (nSPS) is 35.6. The number of alkyl halides is 6. The molecular weight excluding hydrogens is 518 g/mol. The van der Waals surface area contributed by atoms with Crippen molar-refractivity contribution in [2.45, 2.75) is 55.3 Å². The van der Waals surface area contributed by atoms with Crippen LogP contribution < -0.4 is 4.13 Å². The van der Waals surface area contributed by atoms with Crippen LogP contribution in [-0.2, 0) is 29.3 Å². The van der Waals surface area contributed by atoms with Crippen LogP contribution in [0.5, 0.6) is 0 Å². The predicted octanol–water partition coefficient (Wildman–Crippen LogP) is 2.19. The summed E-state index contributed by atoms with van der Waals surface area (Å²) in [5.41, 5.74) is 0. The van der Waals surface area contributed by atoms with E-state index in [0.29, 0.717) is 42.4 Å². The summed E-state index contributed by atoms with van der Waals surface area (Å²) in [5.74, 6) is -14.4. The first-order valence-corrected chi connectivity index (χ1v) is 13.5. The Morgan fingerprint density at radius 1 is 0.882 bits per heavy atom. The Kier molecular flexibility index (Phi) is 5.86. The van der Waals surface area contributed by atoms with Crippen molar-refractivity contribution in [3.05, 3.63) is 0 Å². The summed E-state index contributed by atoms with van der Waals surface area (Å²) in [6.07, 6.45) is 2.89. The number of nitrogens with zero attached hydrogens (tertiary/aromatic N) is 1. The highest BCUT2D eigenvalue weighted by Crippen LogP contribution is 2.67. The fraction of sp³-hybridized carbons (Fsp3) is 0.944. The number of hydrogen-bond acceptors (Lipinski definition) is 6. The van der Waals surface area contributed by atoms with Crippen LogP contribution >= 0.6 is 0 Å². The van der Waals surface area contributed by atoms with Gasteiger partial charge in [-0.05, 0) is 67.6 Å². The first-order chi connectivity index (χ1) is 15.3. The summed E-state index contributed by atoms with van der Waals surface area (Å²) in [6, 6.07) is 0. The Bertz CT molecular complexity index is 1080. The summed E-state index contributed by atoms with van der Waals surface area (Å²) < 4.78 is 138. The summed E-state index contributed by atoms with van der Waals surface area (Å²) in [4.78, 5) is 11.2. The number of amides is 1. The summed E-state index contributed by atoms with van der Waals surface area (Å²) in [7, 11) is -11.5. The van der Waals surface area contributed by atoms with Gasteiger partial charge in [0.1, 0.15) is 0 Å². The predicted molar refractivity (Wildman–Crippen MR) is 103 cm³/mol. The average molecular weight is 543 g/mol. The van der Waals surface area contributed by atoms with Gasteiger partial charge in [-0.15, -0.1) is 0 Å². The van der Waals surface area contributed by atoms with E-state index in [9.17, 15) is 48.0 Å². The van der Waals surface area contributed by atoms with Gasteiger partial charge in [-0.3, -0.25) is 8.98 Å². The van der Waals surface area contributed by atoms with Gasteiger partial charge in [-0.1, -0.05) is 4.13 Å². The lowest BCUT2D eigenvalue weighted by Gasteiger charge is -2.38. The number of carbonyl (C=O) groups is 1. The smallest absolute Gasteiger partial charge is 0.343 e. The van der Waals surface area contributed by atoms with E-state index in [1.807, 2.05) is 0 Å². The van der Waals surface area contributed by atoms with Gasteiger partial charge in [0.15, 0.2) is 0 Å². The number of sulfonamides is 1. The molecule has 4 saturated carbocycles. The van der Waals surface area contributed by atoms with Crippen LogP contribution in [0.25, 0.3) is 0 Å². The SMILES string of the molecule is CN(C)C(=O)C(F)(F)C(F)(F)C(F)(F)S(=O)(=O)NS(=O)(=O)OC1CC2CC1C1C3CCC(C3)C21. The first kappa shape index (κ1) is 25.9. The van der Waals surface area contributed by atoms with Crippen LogP contribution in [0.1, 0.15) is 32.1 Å². The van der Waals surface area contributed by atoms with Crippen molar-refractivity contribution in [1.82, 2.24) is 9.03 Å². The lowest BCUT2D eigenvalue weighted by Crippen LogP contribution is -2.65. The molecule has 0 radical (unpaired) electrons. The maximum atomic E-state index is 14.2. The second kappa shape index (κ2) is 7.68. The molecule has 0 aromatic heterocycles. The third-order valence-electron chi connectivity index (χ3n) is 7.91. The zero-order valence-corrected chi connectivity index (χ0v) is 19.7. The van der Waals surface area contributed by atoms with Crippen LogP contribution in [0.3, 0.4) is 0 Å². The largest absolute Gasteiger partial charge is 0.428 e. The Morgan fingerprint density at radius 2 is 1.44 bits per heavy atom. The van der Waals surface area contributed by atoms with Gasteiger partial charge >= 0.3 is 27.4 Å². The van der Waals surface area contributed by atoms with Crippen LogP contribution in [0, 0.1) is 35.5 Å². The summed E-state index contributed by atoms with van der Waals surface area (Å²) in [6.45, 7) is 0. The van der Waals surface area contributed by atoms with Gasteiger partial charge in [0.25, 0.3) is 15.9 Å². The van der Waals surface area contributed by atoms with E-state index in [2.05, 4.69) is 0 Å². The molecule has 7 unspecified atom stereocenters. The molecule has 4 aliphatic carbocycles. The van der Waals surface area contributed by atoms with Crippen molar-refractivity contribution in [3.8, 4) is 0 Å². The molecule has 0 aromatic carbocycles. The lowest BCUT2D eigenvalue weighted by molar-refractivity contribution is -0.272. The molecule has 0 aromatic rings. The molecule has 34 heavy (non-hydrogen) atoms. The molecule has 0 heterocycles. The van der Waals surface area contributed by atoms with E-state index in [1.54, 1.807) is 0 Å². The van der Waals surface area contributed by atoms with Gasteiger partial charge in [0.05, 0.1) is 6.10 Å². The second-order valence-corrected chi connectivity index (χ2v) is 13.2. The van der Waals surface area contributed by atoms with Gasteiger partial charge in [-0.2, -0.15) is 34.8 Å². The number of rotatable bonds is 8. The maximum absolute atomic E-state index is 14.2. The minimum atomic E-state index is -7.00. The van der Waals surface area contributed by atoms with Crippen molar-refractivity contribution < 1.29 is 52.2 Å². The molecule has 4 aliphatic rings. The number of hydrogen-bond donors (Lipinski definition) is 1. The van der Waals surface area contributed by atoms with Gasteiger partial charge < -0.3 is 4.90 Å². The molecule has 4 fully saturated rings. The van der Waals surface area contributed by atoms with E-state index in [-0.39, 0.29) is 29.1 Å². The molecule has 4 bridgehead atoms. The fourth-order valence-corrected chi connectivity index (χ4v) is 9.41. The lowest BCUT2D eigenvalue weighted by atomic mass is 9.70. The molecule has 8 nitrogen and oxygen atoms in total. The van der Waals surface area contributed by atoms with Crippen molar-refractivity contribution in [1.29, 1.82) is 0 Å². The Balaban J connectivity index is 1.50. The van der Waals surface area contributed by atoms with E-state index in [4.69, 9.17) is 4.18 Å². The summed E-state index contributed by atoms with van der Waals surface area (Å²) in [5, 5.41) is -6.68. The Hall–Kier alpha value is -1.13. The van der Waals surface area contributed by atoms with Gasteiger partial charge in [0, 0.05) is 14.1 Å². The molecule has 4 rings (SSSR count). The quantitative estimate of drug-likeness (QED) is 0.372. The molecule has 1 N–H and O–H groups in total. The van der Waals surface area contributed by atoms with Gasteiger partial charge in [-0.25, -0.2) is 8.42 Å². The third-order valence-corrected chi connectivity index (χ3v) is 11.0. The molecular formula is C18H24F6N2O6S2. The second-order valence-electron chi connectivity index (χ2n) is 9.92. The Labute approximate surface area is 192 Å². The first-order valence-electron chi connectivity index (χ1n) is 10.7. The standard InChI is InChI=1S/C18H24F6N2O6S2/c1-26(2)15(27)16(19,20)17(21,22)18(23,24)33(28,29)25-34(30,31)32-12-7-10-6-11(12)14-9-4-3-8(5-9)13(10)14/h8-14,25H,3-7H2,1-2H3. The monoisotopic (exact) mass is 542 g/mol. The molecule has 0 saturated heterocycles. The van der Waals surface area contributed by atoms with Crippen molar-refractivity contribution in [3.63, 3.8) is 0 Å². The van der Waals surface area contributed by atoms with Crippen LogP contribution in [0.15, 0.2) is 0 Å². The van der Waals surface area contributed by atoms with E-state index in [1.165, 1.54) is 0 Å². The van der Waals surface area contributed by atoms with Crippen molar-refractivity contribution in [2.24, 2.45) is 35.5 Å². The highest BCUT2D eigenvalue weighted by molar-refractivity contribution is 8.03. The minimum Gasteiger partial charge on any atom is -0.343 e. The fourth-order valence-electron chi connectivity index (χ4n) is 6.75. The number of fused-ring (bicyclic) bond motifs is 9. The highest BCUT2D eigenvalue weighted by atomic mass is 32.3. The third kappa shape index (κ3) is 3.57. The van der Waals surface area contributed by atoms with Crippen LogP contribution in [0.2, 0.25) is 0 Å². The van der Waals surface area contributed by atoms with E-state index >= 15 is 0 Å². The number of halogens is 6. The molecule has 0 aliphatic heterocycles. The van der Waals surface area contributed by atoms with Crippen LogP contribution in [0.4, 0.5) is 26.3 Å². The van der Waals surface area contributed by atoms with Crippen molar-refractivity contribution in [2.75, 3.05) is 14.1 Å². The van der Waals surface area contributed by atoms with E-state index in [0.717, 1.165) is 19.3 Å². The Morgan fingerprint density at radius 3 is 2.00 bits per heavy atom. The number of carbonyl (C=O) groups excluding carboxylic acids is 1. The maximum Gasteiger partial charge on any atom is 0.428 e. The number of nitrogens with one attached hydrogen (secondary N) is 1. The molecule has 1 amide bonds. The zero-order chi connectivity index (χ0) is 25.6. The molecule has 196 valence electrons. The zero-order valence-electron chi connectivity index (χ0n) is 18.1. The molecule has 7 atom stereocenters. The van der Waals surface area contributed by atoms with E-state index < -0.39 is 49.4 Å². The molecule has 16 heteroatoms. The van der Waals surface area contributed by atoms with Gasteiger partial charge in [0.2, 0.25) is 0 Å². The minimum absolute atomic E-state index is 0.128. The summed E-state index contributed by atoms with van der Waals surface area (Å²) >= 11 is 0. The topological polar surface area (TPSA) is 110 Å². The molecule has 0 spiro atoms.